The maximum Gasteiger partial charge on any atom is 0.416 e. The first kappa shape index (κ1) is 21.9. The van der Waals surface area contributed by atoms with E-state index in [4.69, 9.17) is 0 Å². The Labute approximate surface area is 193 Å². The Morgan fingerprint density at radius 1 is 1.22 bits per heavy atom. The SMILES string of the molecule is Cn1c(SCCCN2CCC3(C[C@@H]3c3ccc(C(F)(F)F)cc3)C2)nnc1-c1nccs1. The van der Waals surface area contributed by atoms with Crippen molar-refractivity contribution < 1.29 is 13.2 Å². The summed E-state index contributed by atoms with van der Waals surface area (Å²) in [6, 6.07) is 5.78. The molecule has 10 heteroatoms. The van der Waals surface area contributed by atoms with Gasteiger partial charge in [0.05, 0.1) is 5.56 Å². The first-order valence-corrected chi connectivity index (χ1v) is 12.5. The molecule has 3 heterocycles. The van der Waals surface area contributed by atoms with Crippen LogP contribution in [0.15, 0.2) is 41.0 Å². The predicted molar refractivity (Wildman–Crippen MR) is 120 cm³/mol. The molecular weight excluding hydrogens is 455 g/mol. The molecule has 2 aliphatic rings. The van der Waals surface area contributed by atoms with E-state index in [1.807, 2.05) is 17.0 Å². The first-order chi connectivity index (χ1) is 15.4. The summed E-state index contributed by atoms with van der Waals surface area (Å²) in [4.78, 5) is 6.80. The fourth-order valence-electron chi connectivity index (χ4n) is 4.76. The smallest absolute Gasteiger partial charge is 0.303 e. The molecule has 1 spiro atoms. The van der Waals surface area contributed by atoms with Gasteiger partial charge in [-0.2, -0.15) is 13.2 Å². The first-order valence-electron chi connectivity index (χ1n) is 10.7. The van der Waals surface area contributed by atoms with E-state index in [1.165, 1.54) is 12.1 Å². The van der Waals surface area contributed by atoms with Crippen molar-refractivity contribution in [3.8, 4) is 10.8 Å². The summed E-state index contributed by atoms with van der Waals surface area (Å²) in [7, 11) is 1.97. The lowest BCUT2D eigenvalue weighted by molar-refractivity contribution is -0.137. The van der Waals surface area contributed by atoms with Crippen LogP contribution in [-0.4, -0.2) is 50.0 Å². The van der Waals surface area contributed by atoms with E-state index in [-0.39, 0.29) is 5.41 Å². The molecule has 0 amide bonds. The Balaban J connectivity index is 1.08. The second-order valence-electron chi connectivity index (χ2n) is 8.67. The van der Waals surface area contributed by atoms with Crippen LogP contribution >= 0.6 is 23.1 Å². The zero-order valence-electron chi connectivity index (χ0n) is 17.7. The topological polar surface area (TPSA) is 46.8 Å². The van der Waals surface area contributed by atoms with Gasteiger partial charge in [-0.25, -0.2) is 4.98 Å². The minimum atomic E-state index is -4.27. The van der Waals surface area contributed by atoms with Gasteiger partial charge in [-0.3, -0.25) is 0 Å². The number of aromatic nitrogens is 4. The van der Waals surface area contributed by atoms with Crippen molar-refractivity contribution in [2.24, 2.45) is 12.5 Å². The Kier molecular flexibility index (Phi) is 5.79. The summed E-state index contributed by atoms with van der Waals surface area (Å²) < 4.78 is 40.4. The highest BCUT2D eigenvalue weighted by molar-refractivity contribution is 7.99. The predicted octanol–water partition coefficient (Wildman–Crippen LogP) is 5.32. The van der Waals surface area contributed by atoms with Gasteiger partial charge in [-0.15, -0.1) is 21.5 Å². The van der Waals surface area contributed by atoms with E-state index < -0.39 is 11.7 Å². The maximum absolute atomic E-state index is 12.8. The number of benzene rings is 1. The van der Waals surface area contributed by atoms with E-state index in [1.54, 1.807) is 41.4 Å². The van der Waals surface area contributed by atoms with Crippen LogP contribution in [-0.2, 0) is 13.2 Å². The van der Waals surface area contributed by atoms with Crippen molar-refractivity contribution in [2.45, 2.75) is 36.5 Å². The molecule has 1 saturated heterocycles. The number of hydrogen-bond acceptors (Lipinski definition) is 6. The highest BCUT2D eigenvalue weighted by atomic mass is 32.2. The summed E-state index contributed by atoms with van der Waals surface area (Å²) in [5.74, 6) is 2.16. The molecule has 32 heavy (non-hydrogen) atoms. The fraction of sp³-hybridized carbons (Fsp3) is 0.500. The lowest BCUT2D eigenvalue weighted by Crippen LogP contribution is -2.23. The van der Waals surface area contributed by atoms with Gasteiger partial charge in [-0.1, -0.05) is 23.9 Å². The summed E-state index contributed by atoms with van der Waals surface area (Å²) in [6.07, 6.45) is 0.779. The van der Waals surface area contributed by atoms with Gasteiger partial charge in [0.1, 0.15) is 0 Å². The molecule has 170 valence electrons. The Morgan fingerprint density at radius 3 is 2.75 bits per heavy atom. The Hall–Kier alpha value is -1.91. The molecule has 1 aliphatic carbocycles. The van der Waals surface area contributed by atoms with Crippen LogP contribution in [0.1, 0.15) is 36.3 Å². The van der Waals surface area contributed by atoms with Crippen molar-refractivity contribution in [3.63, 3.8) is 0 Å². The van der Waals surface area contributed by atoms with E-state index in [0.29, 0.717) is 5.92 Å². The average Bonchev–Trinajstić information content (AvgIpc) is 3.16. The molecular formula is C22H24F3N5S2. The van der Waals surface area contributed by atoms with Gasteiger partial charge in [0, 0.05) is 30.9 Å². The molecule has 0 bridgehead atoms. The van der Waals surface area contributed by atoms with Crippen molar-refractivity contribution in [1.82, 2.24) is 24.6 Å². The average molecular weight is 480 g/mol. The summed E-state index contributed by atoms with van der Waals surface area (Å²) in [5, 5.41) is 12.3. The van der Waals surface area contributed by atoms with Gasteiger partial charge < -0.3 is 9.47 Å². The molecule has 0 radical (unpaired) electrons. The number of thiazole rings is 1. The summed E-state index contributed by atoms with van der Waals surface area (Å²) >= 11 is 3.27. The third-order valence-electron chi connectivity index (χ3n) is 6.60. The van der Waals surface area contributed by atoms with Gasteiger partial charge in [0.2, 0.25) is 0 Å². The lowest BCUT2D eigenvalue weighted by atomic mass is 9.97. The number of thioether (sulfide) groups is 1. The molecule has 3 aromatic rings. The number of nitrogens with zero attached hydrogens (tertiary/aromatic N) is 5. The molecule has 1 aromatic carbocycles. The summed E-state index contributed by atoms with van der Waals surface area (Å²) in [6.45, 7) is 3.15. The van der Waals surface area contributed by atoms with Crippen LogP contribution in [0.3, 0.4) is 0 Å². The third-order valence-corrected chi connectivity index (χ3v) is 8.48. The quantitative estimate of drug-likeness (QED) is 0.339. The molecule has 5 nitrogen and oxygen atoms in total. The van der Waals surface area contributed by atoms with E-state index in [2.05, 4.69) is 20.1 Å². The van der Waals surface area contributed by atoms with Crippen molar-refractivity contribution in [1.29, 1.82) is 0 Å². The zero-order chi connectivity index (χ0) is 22.3. The lowest BCUT2D eigenvalue weighted by Gasteiger charge is -2.16. The molecule has 1 unspecified atom stereocenters. The highest BCUT2D eigenvalue weighted by Crippen LogP contribution is 2.64. The van der Waals surface area contributed by atoms with Crippen molar-refractivity contribution in [3.05, 3.63) is 47.0 Å². The van der Waals surface area contributed by atoms with Gasteiger partial charge in [0.15, 0.2) is 16.0 Å². The molecule has 5 rings (SSSR count). The van der Waals surface area contributed by atoms with E-state index >= 15 is 0 Å². The zero-order valence-corrected chi connectivity index (χ0v) is 19.3. The molecule has 2 aromatic heterocycles. The third kappa shape index (κ3) is 4.32. The number of rotatable bonds is 7. The standard InChI is InChI=1S/C22H24F3N5S2/c1-29-18(19-26-8-12-31-19)27-28-20(29)32-11-2-9-30-10-7-21(14-30)13-17(21)15-3-5-16(6-4-15)22(23,24)25/h3-6,8,12,17H,2,7,9-11,13-14H2,1H3/t17-,21?/m1/s1. The minimum absolute atomic E-state index is 0.263. The number of hydrogen-bond donors (Lipinski definition) is 0. The van der Waals surface area contributed by atoms with Gasteiger partial charge in [0.25, 0.3) is 0 Å². The fourth-order valence-corrected chi connectivity index (χ4v) is 6.25. The number of alkyl halides is 3. The normalized spacial score (nSPS) is 23.3. The Morgan fingerprint density at radius 2 is 2.03 bits per heavy atom. The Bertz CT molecular complexity index is 1060. The van der Waals surface area contributed by atoms with Crippen LogP contribution in [0, 0.1) is 5.41 Å². The van der Waals surface area contributed by atoms with Crippen LogP contribution in [0.4, 0.5) is 13.2 Å². The number of halogens is 3. The molecule has 1 aliphatic heterocycles. The van der Waals surface area contributed by atoms with E-state index in [0.717, 1.165) is 66.2 Å². The van der Waals surface area contributed by atoms with Crippen molar-refractivity contribution in [2.75, 3.05) is 25.4 Å². The van der Waals surface area contributed by atoms with Crippen LogP contribution in [0.5, 0.6) is 0 Å². The summed E-state index contributed by atoms with van der Waals surface area (Å²) in [5.41, 5.74) is 0.746. The maximum atomic E-state index is 12.8. The molecule has 2 atom stereocenters. The second kappa shape index (κ2) is 8.46. The second-order valence-corrected chi connectivity index (χ2v) is 10.6. The highest BCUT2D eigenvalue weighted by Gasteiger charge is 2.57. The minimum Gasteiger partial charge on any atom is -0.303 e. The van der Waals surface area contributed by atoms with Crippen LogP contribution < -0.4 is 0 Å². The van der Waals surface area contributed by atoms with Crippen LogP contribution in [0.2, 0.25) is 0 Å². The number of likely N-dealkylation sites (tertiary alicyclic amines) is 1. The van der Waals surface area contributed by atoms with Crippen molar-refractivity contribution >= 4 is 23.1 Å². The molecule has 1 saturated carbocycles. The molecule has 0 N–H and O–H groups in total. The van der Waals surface area contributed by atoms with Gasteiger partial charge >= 0.3 is 6.18 Å². The van der Waals surface area contributed by atoms with E-state index in [9.17, 15) is 13.2 Å². The largest absolute Gasteiger partial charge is 0.416 e. The van der Waals surface area contributed by atoms with Crippen LogP contribution in [0.25, 0.3) is 10.8 Å². The van der Waals surface area contributed by atoms with Gasteiger partial charge in [-0.05, 0) is 61.4 Å². The molecule has 2 fully saturated rings. The monoisotopic (exact) mass is 479 g/mol.